The van der Waals surface area contributed by atoms with E-state index in [9.17, 15) is 44.9 Å². The lowest BCUT2D eigenvalue weighted by atomic mass is 9.98. The first-order chi connectivity index (χ1) is 18.0. The van der Waals surface area contributed by atoms with E-state index in [-0.39, 0.29) is 0 Å². The number of alkyl halides is 6. The van der Waals surface area contributed by atoms with Crippen LogP contribution >= 0.6 is 0 Å². The first kappa shape index (κ1) is 29.5. The van der Waals surface area contributed by atoms with Gasteiger partial charge in [0.05, 0.1) is 11.5 Å². The molecule has 0 aliphatic rings. The average molecular weight is 582 g/mol. The maximum absolute atomic E-state index is 14.4. The second-order valence-electron chi connectivity index (χ2n) is 7.72. The van der Waals surface area contributed by atoms with E-state index in [4.69, 9.17) is 9.15 Å². The van der Waals surface area contributed by atoms with Crippen molar-refractivity contribution >= 4 is 15.8 Å². The van der Waals surface area contributed by atoms with Crippen molar-refractivity contribution in [3.63, 3.8) is 0 Å². The number of hydrogen-bond donors (Lipinski definition) is 0. The number of hydrogen-bond acceptors (Lipinski definition) is 10. The number of aryl methyl sites for hydroxylation is 1. The van der Waals surface area contributed by atoms with E-state index in [0.717, 1.165) is 13.0 Å². The number of ether oxygens (including phenoxy) is 1. The van der Waals surface area contributed by atoms with E-state index < -0.39 is 80.0 Å². The van der Waals surface area contributed by atoms with Crippen LogP contribution in [0.5, 0.6) is 5.88 Å². The van der Waals surface area contributed by atoms with Crippen LogP contribution in [0.3, 0.4) is 0 Å². The predicted octanol–water partition coefficient (Wildman–Crippen LogP) is 5.13. The molecule has 39 heavy (non-hydrogen) atoms. The zero-order chi connectivity index (χ0) is 29.2. The number of benzene rings is 1. The predicted molar refractivity (Wildman–Crippen MR) is 118 cm³/mol. The Bertz CT molecular complexity index is 1480. The summed E-state index contributed by atoms with van der Waals surface area (Å²) in [5, 5.41) is 18.2. The van der Waals surface area contributed by atoms with Crippen molar-refractivity contribution in [3.8, 4) is 17.5 Å². The minimum Gasteiger partial charge on any atom is -0.415 e. The molecular weight excluding hydrogens is 566 g/mol. The number of pyridine rings is 1. The van der Waals surface area contributed by atoms with Gasteiger partial charge in [0.25, 0.3) is 11.8 Å². The summed E-state index contributed by atoms with van der Waals surface area (Å²) in [7, 11) is -6.26. The fraction of sp³-hybridized carbons (Fsp3) is 0.286. The molecule has 2 heterocycles. The van der Waals surface area contributed by atoms with Gasteiger partial charge < -0.3 is 13.3 Å². The third-order valence-electron chi connectivity index (χ3n) is 5.01. The summed E-state index contributed by atoms with van der Waals surface area (Å²) in [6.45, 7) is 3.63. The Labute approximate surface area is 215 Å². The Hall–Kier alpha value is -4.06. The van der Waals surface area contributed by atoms with Gasteiger partial charge in [-0.2, -0.15) is 39.7 Å². The number of halogens is 6. The summed E-state index contributed by atoms with van der Waals surface area (Å²) in [5.74, 6) is -3.56. The maximum Gasteiger partial charge on any atom is 0.534 e. The van der Waals surface area contributed by atoms with Gasteiger partial charge in [0.15, 0.2) is 0 Å². The van der Waals surface area contributed by atoms with E-state index in [2.05, 4.69) is 25.9 Å². The van der Waals surface area contributed by atoms with Crippen molar-refractivity contribution in [2.24, 2.45) is 0 Å². The van der Waals surface area contributed by atoms with Gasteiger partial charge in [-0.15, -0.1) is 16.8 Å². The summed E-state index contributed by atoms with van der Waals surface area (Å²) < 4.78 is 119. The fourth-order valence-corrected chi connectivity index (χ4v) is 3.58. The molecule has 0 saturated heterocycles. The smallest absolute Gasteiger partial charge is 0.415 e. The molecule has 0 saturated carbocycles. The van der Waals surface area contributed by atoms with E-state index in [1.54, 1.807) is 18.2 Å². The highest BCUT2D eigenvalue weighted by molar-refractivity contribution is 7.87. The number of nitrogens with zero attached hydrogens (tertiary/aromatic N) is 4. The van der Waals surface area contributed by atoms with Gasteiger partial charge >= 0.3 is 27.5 Å². The molecule has 0 bridgehead atoms. The summed E-state index contributed by atoms with van der Waals surface area (Å²) in [5.41, 5.74) is -11.4. The van der Waals surface area contributed by atoms with E-state index in [1.807, 2.05) is 0 Å². The van der Waals surface area contributed by atoms with Gasteiger partial charge in [-0.05, 0) is 12.5 Å². The first-order valence-corrected chi connectivity index (χ1v) is 11.8. The highest BCUT2D eigenvalue weighted by Crippen LogP contribution is 2.46. The largest absolute Gasteiger partial charge is 0.534 e. The summed E-state index contributed by atoms with van der Waals surface area (Å²) in [6, 6.07) is 8.24. The highest BCUT2D eigenvalue weighted by Gasteiger charge is 2.61. The second kappa shape index (κ2) is 10.6. The Morgan fingerprint density at radius 1 is 1.13 bits per heavy atom. The SMILES string of the molecule is C=CCC(OCc1ccccc1)(c1nnc(-c2nc(OS(=O)(=O)C(F)(F)F)c(C)cc2[N+](=O)[O-])o1)C(F)(F)F. The van der Waals surface area contributed by atoms with Crippen LogP contribution in [-0.2, 0) is 27.1 Å². The van der Waals surface area contributed by atoms with E-state index in [0.29, 0.717) is 11.6 Å². The molecule has 0 radical (unpaired) electrons. The van der Waals surface area contributed by atoms with Gasteiger partial charge in [-0.3, -0.25) is 10.1 Å². The number of aromatic nitrogens is 3. The molecule has 1 aromatic carbocycles. The second-order valence-corrected chi connectivity index (χ2v) is 9.26. The molecule has 0 N–H and O–H groups in total. The quantitative estimate of drug-likeness (QED) is 0.0787. The third kappa shape index (κ3) is 6.00. The van der Waals surface area contributed by atoms with E-state index in [1.165, 1.54) is 12.1 Å². The molecule has 0 fully saturated rings. The van der Waals surface area contributed by atoms with Crippen LogP contribution in [0.1, 0.15) is 23.4 Å². The van der Waals surface area contributed by atoms with E-state index >= 15 is 0 Å². The monoisotopic (exact) mass is 582 g/mol. The normalized spacial score (nSPS) is 14.0. The molecule has 1 atom stereocenters. The molecule has 0 amide bonds. The van der Waals surface area contributed by atoms with Gasteiger partial charge in [0.1, 0.15) is 0 Å². The molecule has 0 spiro atoms. The molecule has 3 rings (SSSR count). The van der Waals surface area contributed by atoms with Crippen molar-refractivity contribution in [2.45, 2.75) is 37.2 Å². The van der Waals surface area contributed by atoms with Crippen molar-refractivity contribution in [2.75, 3.05) is 0 Å². The fourth-order valence-electron chi connectivity index (χ4n) is 3.11. The van der Waals surface area contributed by atoms with Crippen molar-refractivity contribution in [1.82, 2.24) is 15.2 Å². The van der Waals surface area contributed by atoms with Crippen molar-refractivity contribution in [1.29, 1.82) is 0 Å². The van der Waals surface area contributed by atoms with Crippen LogP contribution in [0.2, 0.25) is 0 Å². The Morgan fingerprint density at radius 2 is 1.77 bits per heavy atom. The summed E-state index contributed by atoms with van der Waals surface area (Å²) in [6.07, 6.45) is -5.31. The van der Waals surface area contributed by atoms with Crippen LogP contribution in [0.4, 0.5) is 32.0 Å². The summed E-state index contributed by atoms with van der Waals surface area (Å²) in [4.78, 5) is 13.8. The van der Waals surface area contributed by atoms with Crippen LogP contribution in [0.15, 0.2) is 53.5 Å². The van der Waals surface area contributed by atoms with Crippen molar-refractivity contribution in [3.05, 3.63) is 76.2 Å². The molecule has 3 aromatic rings. The lowest BCUT2D eigenvalue weighted by molar-refractivity contribution is -0.384. The number of nitro groups is 1. The molecular formula is C21H16F6N4O7S. The molecule has 1 unspecified atom stereocenters. The topological polar surface area (TPSA) is 148 Å². The van der Waals surface area contributed by atoms with Crippen molar-refractivity contribution < 1.29 is 53.0 Å². The van der Waals surface area contributed by atoms with Gasteiger partial charge in [0, 0.05) is 18.1 Å². The Balaban J connectivity index is 2.14. The number of rotatable bonds is 10. The van der Waals surface area contributed by atoms with Crippen LogP contribution < -0.4 is 4.18 Å². The molecule has 11 nitrogen and oxygen atoms in total. The van der Waals surface area contributed by atoms with Crippen LogP contribution in [0, 0.1) is 17.0 Å². The third-order valence-corrected chi connectivity index (χ3v) is 5.95. The van der Waals surface area contributed by atoms with Gasteiger partial charge in [0.2, 0.25) is 17.2 Å². The minimum atomic E-state index is -6.26. The lowest BCUT2D eigenvalue weighted by Gasteiger charge is -2.31. The molecule has 0 aliphatic carbocycles. The van der Waals surface area contributed by atoms with Gasteiger partial charge in [-0.1, -0.05) is 36.4 Å². The van der Waals surface area contributed by atoms with Gasteiger partial charge in [-0.25, -0.2) is 0 Å². The molecule has 0 aliphatic heterocycles. The Morgan fingerprint density at radius 3 is 2.31 bits per heavy atom. The van der Waals surface area contributed by atoms with Crippen LogP contribution in [-0.4, -0.2) is 40.2 Å². The average Bonchev–Trinajstić information content (AvgIpc) is 3.32. The summed E-state index contributed by atoms with van der Waals surface area (Å²) >= 11 is 0. The standard InChI is InChI=1S/C21H16F6N4O7S/c1-3-9-19(20(22,23)24,36-11-13-7-5-4-6-8-13)18-30-29-17(37-18)15-14(31(32)33)10-12(2)16(28-15)38-39(34,35)21(25,26)27/h3-8,10H,1,9,11H2,2H3. The van der Waals surface area contributed by atoms with Crippen LogP contribution in [0.25, 0.3) is 11.6 Å². The molecule has 2 aromatic heterocycles. The lowest BCUT2D eigenvalue weighted by Crippen LogP contribution is -2.45. The Kier molecular flexibility index (Phi) is 8.02. The highest BCUT2D eigenvalue weighted by atomic mass is 32.2. The maximum atomic E-state index is 14.4. The zero-order valence-corrected chi connectivity index (χ0v) is 20.3. The zero-order valence-electron chi connectivity index (χ0n) is 19.5. The first-order valence-electron chi connectivity index (χ1n) is 10.4. The molecule has 210 valence electrons. The molecule has 18 heteroatoms. The minimum absolute atomic E-state index is 0.332.